The maximum atomic E-state index is 13.1. The number of benzene rings is 2. The molecule has 33 heavy (non-hydrogen) atoms. The number of amides is 1. The molecule has 9 heteroatoms. The molecule has 6 nitrogen and oxygen atoms in total. The van der Waals surface area contributed by atoms with Crippen molar-refractivity contribution in [1.82, 2.24) is 9.80 Å². The molecule has 0 unspecified atom stereocenters. The highest BCUT2D eigenvalue weighted by Gasteiger charge is 2.20. The summed E-state index contributed by atoms with van der Waals surface area (Å²) in [6.45, 7) is 3.76. The molecule has 0 spiro atoms. The van der Waals surface area contributed by atoms with Crippen molar-refractivity contribution in [3.8, 4) is 0 Å². The molecule has 2 aromatic carbocycles. The molecule has 4 rings (SSSR count). The van der Waals surface area contributed by atoms with Crippen LogP contribution in [0, 0.1) is 5.82 Å². The molecule has 1 aliphatic heterocycles. The van der Waals surface area contributed by atoms with E-state index in [-0.39, 0.29) is 22.4 Å². The second kappa shape index (κ2) is 10.5. The van der Waals surface area contributed by atoms with Crippen molar-refractivity contribution in [3.63, 3.8) is 0 Å². The minimum Gasteiger partial charge on any atom is -0.341 e. The third-order valence-electron chi connectivity index (χ3n) is 5.58. The van der Waals surface area contributed by atoms with Crippen molar-refractivity contribution in [2.75, 3.05) is 30.9 Å². The van der Waals surface area contributed by atoms with Crippen molar-refractivity contribution in [3.05, 3.63) is 83.0 Å². The van der Waals surface area contributed by atoms with E-state index in [1.807, 2.05) is 4.90 Å². The fourth-order valence-electron chi connectivity index (χ4n) is 3.83. The quantitative estimate of drug-likeness (QED) is 0.548. The zero-order chi connectivity index (χ0) is 23.3. The standard InChI is InChI=1S/C24H26FN3O3S2/c25-21-8-4-20(5-9-21)18-27-12-2-13-28(15-14-27)23(29)17-19-6-10-22(11-7-19)26-33(30,31)24-3-1-16-32-24/h1,3-11,16,26H,2,12-15,17-18H2. The summed E-state index contributed by atoms with van der Waals surface area (Å²) in [5, 5.41) is 1.72. The Morgan fingerprint density at radius 1 is 0.939 bits per heavy atom. The lowest BCUT2D eigenvalue weighted by Gasteiger charge is -2.22. The predicted octanol–water partition coefficient (Wildman–Crippen LogP) is 3.97. The minimum atomic E-state index is -3.59. The molecule has 0 atom stereocenters. The number of halogens is 1. The molecule has 1 N–H and O–H groups in total. The van der Waals surface area contributed by atoms with Crippen LogP contribution in [0.15, 0.2) is 70.3 Å². The highest BCUT2D eigenvalue weighted by molar-refractivity contribution is 7.94. The summed E-state index contributed by atoms with van der Waals surface area (Å²) in [6, 6.07) is 16.7. The van der Waals surface area contributed by atoms with E-state index < -0.39 is 10.0 Å². The molecule has 0 bridgehead atoms. The third-order valence-corrected chi connectivity index (χ3v) is 8.36. The van der Waals surface area contributed by atoms with Crippen LogP contribution in [0.4, 0.5) is 10.1 Å². The fourth-order valence-corrected chi connectivity index (χ4v) is 5.88. The molecule has 0 radical (unpaired) electrons. The van der Waals surface area contributed by atoms with Crippen molar-refractivity contribution < 1.29 is 17.6 Å². The van der Waals surface area contributed by atoms with Gasteiger partial charge in [0.2, 0.25) is 5.91 Å². The maximum Gasteiger partial charge on any atom is 0.271 e. The van der Waals surface area contributed by atoms with Gasteiger partial charge in [-0.15, -0.1) is 11.3 Å². The number of rotatable bonds is 7. The van der Waals surface area contributed by atoms with E-state index in [1.54, 1.807) is 53.9 Å². The molecule has 0 saturated carbocycles. The van der Waals surface area contributed by atoms with Crippen LogP contribution in [-0.4, -0.2) is 50.3 Å². The van der Waals surface area contributed by atoms with E-state index in [9.17, 15) is 17.6 Å². The molecular weight excluding hydrogens is 461 g/mol. The van der Waals surface area contributed by atoms with Crippen molar-refractivity contribution in [2.45, 2.75) is 23.6 Å². The lowest BCUT2D eigenvalue weighted by atomic mass is 10.1. The highest BCUT2D eigenvalue weighted by Crippen LogP contribution is 2.21. The Morgan fingerprint density at radius 3 is 2.36 bits per heavy atom. The Hall–Kier alpha value is -2.75. The average molecular weight is 488 g/mol. The largest absolute Gasteiger partial charge is 0.341 e. The Kier molecular flexibility index (Phi) is 7.42. The SMILES string of the molecule is O=C(Cc1ccc(NS(=O)(=O)c2cccs2)cc1)N1CCCN(Cc2ccc(F)cc2)CC1. The van der Waals surface area contributed by atoms with Crippen LogP contribution in [0.5, 0.6) is 0 Å². The number of thiophene rings is 1. The number of sulfonamides is 1. The van der Waals surface area contributed by atoms with Crippen LogP contribution < -0.4 is 4.72 Å². The lowest BCUT2D eigenvalue weighted by Crippen LogP contribution is -2.36. The first-order valence-corrected chi connectivity index (χ1v) is 13.2. The number of carbonyl (C=O) groups excluding carboxylic acids is 1. The normalized spacial score (nSPS) is 15.2. The van der Waals surface area contributed by atoms with Gasteiger partial charge in [-0.3, -0.25) is 14.4 Å². The van der Waals surface area contributed by atoms with Crippen LogP contribution in [0.1, 0.15) is 17.5 Å². The number of carbonyl (C=O) groups is 1. The molecule has 1 amide bonds. The zero-order valence-electron chi connectivity index (χ0n) is 18.1. The Bertz CT molecular complexity index is 1160. The van der Waals surface area contributed by atoms with Gasteiger partial charge in [0.05, 0.1) is 6.42 Å². The van der Waals surface area contributed by atoms with Gasteiger partial charge in [-0.25, -0.2) is 12.8 Å². The third kappa shape index (κ3) is 6.40. The van der Waals surface area contributed by atoms with Crippen LogP contribution in [0.25, 0.3) is 0 Å². The first-order chi connectivity index (χ1) is 15.9. The number of hydrogen-bond donors (Lipinski definition) is 1. The molecule has 3 aromatic rings. The van der Waals surface area contributed by atoms with Crippen LogP contribution in [-0.2, 0) is 27.8 Å². The van der Waals surface area contributed by atoms with Gasteiger partial charge in [0.15, 0.2) is 0 Å². The second-order valence-corrected chi connectivity index (χ2v) is 10.9. The number of hydrogen-bond acceptors (Lipinski definition) is 5. The first kappa shape index (κ1) is 23.4. The molecule has 1 aromatic heterocycles. The van der Waals surface area contributed by atoms with Gasteiger partial charge in [-0.05, 0) is 53.3 Å². The Balaban J connectivity index is 1.29. The first-order valence-electron chi connectivity index (χ1n) is 10.8. The summed E-state index contributed by atoms with van der Waals surface area (Å²) in [5.41, 5.74) is 2.36. The lowest BCUT2D eigenvalue weighted by molar-refractivity contribution is -0.130. The minimum absolute atomic E-state index is 0.0607. The molecule has 1 aliphatic rings. The van der Waals surface area contributed by atoms with Gasteiger partial charge in [0.1, 0.15) is 10.0 Å². The average Bonchev–Trinajstić information content (AvgIpc) is 3.25. The fraction of sp³-hybridized carbons (Fsp3) is 0.292. The van der Waals surface area contributed by atoms with Gasteiger partial charge in [-0.1, -0.05) is 30.3 Å². The summed E-state index contributed by atoms with van der Waals surface area (Å²) in [6.07, 6.45) is 1.16. The second-order valence-electron chi connectivity index (χ2n) is 8.05. The highest BCUT2D eigenvalue weighted by atomic mass is 32.2. The van der Waals surface area contributed by atoms with Crippen molar-refractivity contribution in [2.24, 2.45) is 0 Å². The van der Waals surface area contributed by atoms with E-state index in [4.69, 9.17) is 0 Å². The van der Waals surface area contributed by atoms with E-state index in [2.05, 4.69) is 9.62 Å². The summed E-state index contributed by atoms with van der Waals surface area (Å²) in [5.74, 6) is -0.176. The van der Waals surface area contributed by atoms with Crippen LogP contribution in [0.2, 0.25) is 0 Å². The van der Waals surface area contributed by atoms with Crippen molar-refractivity contribution >= 4 is 33.0 Å². The zero-order valence-corrected chi connectivity index (χ0v) is 19.7. The Morgan fingerprint density at radius 2 is 1.67 bits per heavy atom. The summed E-state index contributed by atoms with van der Waals surface area (Å²) in [4.78, 5) is 17.0. The smallest absolute Gasteiger partial charge is 0.271 e. The maximum absolute atomic E-state index is 13.1. The topological polar surface area (TPSA) is 69.7 Å². The molecular formula is C24H26FN3O3S2. The molecule has 1 saturated heterocycles. The summed E-state index contributed by atoms with van der Waals surface area (Å²) in [7, 11) is -3.59. The Labute approximate surface area is 197 Å². The molecule has 174 valence electrons. The summed E-state index contributed by atoms with van der Waals surface area (Å²) < 4.78 is 40.6. The number of nitrogens with zero attached hydrogens (tertiary/aromatic N) is 2. The van der Waals surface area contributed by atoms with Gasteiger partial charge in [0.25, 0.3) is 10.0 Å². The molecule has 0 aliphatic carbocycles. The summed E-state index contributed by atoms with van der Waals surface area (Å²) >= 11 is 1.16. The van der Waals surface area contributed by atoms with Gasteiger partial charge in [0, 0.05) is 38.4 Å². The van der Waals surface area contributed by atoms with Gasteiger partial charge < -0.3 is 4.90 Å². The van der Waals surface area contributed by atoms with Gasteiger partial charge in [-0.2, -0.15) is 0 Å². The van der Waals surface area contributed by atoms with Crippen LogP contribution >= 0.6 is 11.3 Å². The predicted molar refractivity (Wildman–Crippen MR) is 128 cm³/mol. The van der Waals surface area contributed by atoms with Crippen molar-refractivity contribution in [1.29, 1.82) is 0 Å². The number of nitrogens with one attached hydrogen (secondary N) is 1. The van der Waals surface area contributed by atoms with E-state index in [0.29, 0.717) is 18.8 Å². The van der Waals surface area contributed by atoms with E-state index in [0.717, 1.165) is 48.5 Å². The van der Waals surface area contributed by atoms with Gasteiger partial charge >= 0.3 is 0 Å². The molecule has 2 heterocycles. The molecule has 1 fully saturated rings. The van der Waals surface area contributed by atoms with Crippen LogP contribution in [0.3, 0.4) is 0 Å². The number of anilines is 1. The monoisotopic (exact) mass is 487 g/mol. The van der Waals surface area contributed by atoms with E-state index in [1.165, 1.54) is 12.1 Å². The van der Waals surface area contributed by atoms with E-state index >= 15 is 0 Å².